The van der Waals surface area contributed by atoms with Crippen molar-refractivity contribution in [1.29, 1.82) is 0 Å². The highest BCUT2D eigenvalue weighted by atomic mass is 127. The van der Waals surface area contributed by atoms with Crippen LogP contribution in [0.1, 0.15) is 17.3 Å². The fourth-order valence-electron chi connectivity index (χ4n) is 2.22. The molecule has 0 saturated carbocycles. The Bertz CT molecular complexity index is 801. The number of thioether (sulfide) groups is 1. The summed E-state index contributed by atoms with van der Waals surface area (Å²) in [6, 6.07) is 15.1. The van der Waals surface area contributed by atoms with Crippen molar-refractivity contribution in [2.24, 2.45) is 0 Å². The highest BCUT2D eigenvalue weighted by Crippen LogP contribution is 2.40. The first-order valence-corrected chi connectivity index (χ1v) is 8.55. The lowest BCUT2D eigenvalue weighted by atomic mass is 10.1. The molecule has 0 fully saturated rings. The minimum absolute atomic E-state index is 0.0298. The molecule has 0 atom stereocenters. The first kappa shape index (κ1) is 15.3. The van der Waals surface area contributed by atoms with Gasteiger partial charge in [0, 0.05) is 27.2 Å². The lowest BCUT2D eigenvalue weighted by Crippen LogP contribution is -2.23. The number of hydrogen-bond acceptors (Lipinski definition) is 3. The van der Waals surface area contributed by atoms with E-state index < -0.39 is 0 Å². The SMILES string of the molecule is CC(=O)N(/C=C1\Sc2ccccc2C1=O)c1ccccc1I. The van der Waals surface area contributed by atoms with Crippen LogP contribution in [0, 0.1) is 3.57 Å². The van der Waals surface area contributed by atoms with Gasteiger partial charge in [-0.2, -0.15) is 0 Å². The Balaban J connectivity index is 2.01. The minimum atomic E-state index is -0.124. The number of benzene rings is 2. The maximum absolute atomic E-state index is 12.4. The zero-order valence-electron chi connectivity index (χ0n) is 11.7. The number of fused-ring (bicyclic) bond motifs is 1. The molecule has 5 heteroatoms. The van der Waals surface area contributed by atoms with Crippen molar-refractivity contribution in [2.75, 3.05) is 4.90 Å². The summed E-state index contributed by atoms with van der Waals surface area (Å²) in [5.41, 5.74) is 1.48. The van der Waals surface area contributed by atoms with Crippen LogP contribution in [0.5, 0.6) is 0 Å². The number of hydrogen-bond donors (Lipinski definition) is 0. The van der Waals surface area contributed by atoms with E-state index in [2.05, 4.69) is 22.6 Å². The van der Waals surface area contributed by atoms with Crippen LogP contribution in [0.3, 0.4) is 0 Å². The van der Waals surface area contributed by atoms with Crippen LogP contribution >= 0.6 is 34.4 Å². The number of para-hydroxylation sites is 1. The van der Waals surface area contributed by atoms with Crippen molar-refractivity contribution in [2.45, 2.75) is 11.8 Å². The number of Topliss-reactive ketones (excluding diaryl/α,β-unsaturated/α-hetero) is 1. The van der Waals surface area contributed by atoms with Gasteiger partial charge in [0.05, 0.1) is 10.6 Å². The van der Waals surface area contributed by atoms with E-state index in [-0.39, 0.29) is 11.7 Å². The average Bonchev–Trinajstić information content (AvgIpc) is 2.82. The molecular weight excluding hydrogens is 409 g/mol. The molecular formula is C17H12INO2S. The van der Waals surface area contributed by atoms with Gasteiger partial charge in [-0.3, -0.25) is 14.5 Å². The molecule has 1 heterocycles. The van der Waals surface area contributed by atoms with Crippen molar-refractivity contribution in [3.05, 3.63) is 68.8 Å². The number of nitrogens with zero attached hydrogens (tertiary/aromatic N) is 1. The molecule has 110 valence electrons. The molecule has 0 aromatic heterocycles. The summed E-state index contributed by atoms with van der Waals surface area (Å²) < 4.78 is 0.958. The van der Waals surface area contributed by atoms with E-state index in [4.69, 9.17) is 0 Å². The van der Waals surface area contributed by atoms with Gasteiger partial charge in [0.2, 0.25) is 11.7 Å². The Morgan fingerprint density at radius 1 is 1.14 bits per heavy atom. The molecule has 1 aliphatic rings. The Kier molecular flexibility index (Phi) is 4.35. The van der Waals surface area contributed by atoms with Gasteiger partial charge >= 0.3 is 0 Å². The molecule has 0 bridgehead atoms. The topological polar surface area (TPSA) is 37.4 Å². The molecule has 0 aliphatic carbocycles. The highest BCUT2D eigenvalue weighted by molar-refractivity contribution is 14.1. The lowest BCUT2D eigenvalue weighted by molar-refractivity contribution is -0.116. The third-order valence-corrected chi connectivity index (χ3v) is 5.27. The largest absolute Gasteiger partial charge is 0.288 e. The van der Waals surface area contributed by atoms with Crippen LogP contribution in [0.15, 0.2) is 64.5 Å². The van der Waals surface area contributed by atoms with Gasteiger partial charge in [0.15, 0.2) is 0 Å². The van der Waals surface area contributed by atoms with Crippen molar-refractivity contribution in [3.8, 4) is 0 Å². The van der Waals surface area contributed by atoms with E-state index in [1.54, 1.807) is 6.20 Å². The molecule has 3 nitrogen and oxygen atoms in total. The van der Waals surface area contributed by atoms with Gasteiger partial charge in [-0.15, -0.1) is 0 Å². The van der Waals surface area contributed by atoms with Gasteiger partial charge < -0.3 is 0 Å². The highest BCUT2D eigenvalue weighted by Gasteiger charge is 2.27. The standard InChI is InChI=1S/C17H12INO2S/c1-11(20)19(14-8-4-3-7-13(14)18)10-16-17(21)12-6-2-5-9-15(12)22-16/h2-10H,1H3/b16-10-. The fourth-order valence-corrected chi connectivity index (χ4v) is 3.88. The number of carbonyl (C=O) groups is 2. The molecule has 2 aromatic rings. The predicted molar refractivity (Wildman–Crippen MR) is 97.0 cm³/mol. The van der Waals surface area contributed by atoms with Crippen LogP contribution in [0.2, 0.25) is 0 Å². The van der Waals surface area contributed by atoms with Crippen LogP contribution in [-0.4, -0.2) is 11.7 Å². The normalized spacial score (nSPS) is 15.0. The maximum atomic E-state index is 12.4. The molecule has 0 spiro atoms. The first-order valence-electron chi connectivity index (χ1n) is 6.65. The summed E-state index contributed by atoms with van der Waals surface area (Å²) in [6.07, 6.45) is 1.65. The second-order valence-electron chi connectivity index (χ2n) is 4.76. The van der Waals surface area contributed by atoms with Crippen LogP contribution in [-0.2, 0) is 4.79 Å². The minimum Gasteiger partial charge on any atom is -0.288 e. The molecule has 0 saturated heterocycles. The Hall–Kier alpha value is -1.60. The summed E-state index contributed by atoms with van der Waals surface area (Å²) in [6.45, 7) is 1.50. The van der Waals surface area contributed by atoms with E-state index in [9.17, 15) is 9.59 Å². The van der Waals surface area contributed by atoms with Crippen molar-refractivity contribution in [1.82, 2.24) is 0 Å². The number of ketones is 1. The Morgan fingerprint density at radius 2 is 1.82 bits per heavy atom. The summed E-state index contributed by atoms with van der Waals surface area (Å²) in [5.74, 6) is -0.154. The smallest absolute Gasteiger partial charge is 0.227 e. The van der Waals surface area contributed by atoms with Crippen molar-refractivity contribution < 1.29 is 9.59 Å². The monoisotopic (exact) mass is 421 g/mol. The zero-order chi connectivity index (χ0) is 15.7. The zero-order valence-corrected chi connectivity index (χ0v) is 14.7. The molecule has 3 rings (SSSR count). The lowest BCUT2D eigenvalue weighted by Gasteiger charge is -2.18. The summed E-state index contributed by atoms with van der Waals surface area (Å²) in [7, 11) is 0. The fraction of sp³-hybridized carbons (Fsp3) is 0.0588. The third-order valence-electron chi connectivity index (χ3n) is 3.27. The van der Waals surface area contributed by atoms with Crippen LogP contribution in [0.25, 0.3) is 0 Å². The number of amides is 1. The number of halogens is 1. The average molecular weight is 421 g/mol. The third kappa shape index (κ3) is 2.83. The second-order valence-corrected chi connectivity index (χ2v) is 7.01. The van der Waals surface area contributed by atoms with Gasteiger partial charge in [-0.25, -0.2) is 0 Å². The first-order chi connectivity index (χ1) is 10.6. The van der Waals surface area contributed by atoms with Gasteiger partial charge in [-0.05, 0) is 46.9 Å². The Morgan fingerprint density at radius 3 is 2.50 bits per heavy atom. The Labute approximate surface area is 146 Å². The van der Waals surface area contributed by atoms with E-state index in [0.717, 1.165) is 14.2 Å². The summed E-state index contributed by atoms with van der Waals surface area (Å²) in [5, 5.41) is 0. The van der Waals surface area contributed by atoms with Gasteiger partial charge in [0.1, 0.15) is 0 Å². The maximum Gasteiger partial charge on any atom is 0.227 e. The molecule has 22 heavy (non-hydrogen) atoms. The van der Waals surface area contributed by atoms with E-state index >= 15 is 0 Å². The molecule has 0 radical (unpaired) electrons. The number of carbonyl (C=O) groups excluding carboxylic acids is 2. The molecule has 1 aliphatic heterocycles. The van der Waals surface area contributed by atoms with Crippen LogP contribution < -0.4 is 4.90 Å². The predicted octanol–water partition coefficient (Wildman–Crippen LogP) is 4.47. The van der Waals surface area contributed by atoms with E-state index in [1.807, 2.05) is 48.5 Å². The quantitative estimate of drug-likeness (QED) is 0.531. The summed E-state index contributed by atoms with van der Waals surface area (Å²) >= 11 is 3.59. The van der Waals surface area contributed by atoms with Gasteiger partial charge in [-0.1, -0.05) is 36.0 Å². The van der Waals surface area contributed by atoms with E-state index in [0.29, 0.717) is 10.5 Å². The van der Waals surface area contributed by atoms with Gasteiger partial charge in [0.25, 0.3) is 0 Å². The number of rotatable bonds is 2. The van der Waals surface area contributed by atoms with Crippen molar-refractivity contribution >= 4 is 51.7 Å². The van der Waals surface area contributed by atoms with E-state index in [1.165, 1.54) is 23.6 Å². The molecule has 0 unspecified atom stereocenters. The summed E-state index contributed by atoms with van der Waals surface area (Å²) in [4.78, 5) is 27.5. The molecule has 2 aromatic carbocycles. The number of allylic oxidation sites excluding steroid dienone is 1. The van der Waals surface area contributed by atoms with Crippen LogP contribution in [0.4, 0.5) is 5.69 Å². The van der Waals surface area contributed by atoms with Crippen molar-refractivity contribution in [3.63, 3.8) is 0 Å². The molecule has 1 amide bonds. The second kappa shape index (κ2) is 6.26. The number of anilines is 1. The molecule has 0 N–H and O–H groups in total.